The van der Waals surface area contributed by atoms with E-state index in [1.165, 1.54) is 25.7 Å². The molecule has 4 aliphatic rings. The van der Waals surface area contributed by atoms with Gasteiger partial charge in [0.1, 0.15) is 0 Å². The Morgan fingerprint density at radius 2 is 2.00 bits per heavy atom. The Balaban J connectivity index is 1.74. The van der Waals surface area contributed by atoms with Crippen LogP contribution < -0.4 is 0 Å². The van der Waals surface area contributed by atoms with E-state index in [9.17, 15) is 0 Å². The highest BCUT2D eigenvalue weighted by Gasteiger charge is 2.79. The van der Waals surface area contributed by atoms with Crippen molar-refractivity contribution in [2.75, 3.05) is 0 Å². The fourth-order valence-electron chi connectivity index (χ4n) is 4.89. The second-order valence-corrected chi connectivity index (χ2v) is 7.28. The molecule has 0 aromatic carbocycles. The van der Waals surface area contributed by atoms with E-state index in [2.05, 4.69) is 45.1 Å². The van der Waals surface area contributed by atoms with Gasteiger partial charge in [-0.1, -0.05) is 62.6 Å². The van der Waals surface area contributed by atoms with Crippen LogP contribution in [0.4, 0.5) is 0 Å². The van der Waals surface area contributed by atoms with Gasteiger partial charge in [-0.25, -0.2) is 0 Å². The Hall–Kier alpha value is -0.780. The number of hydrogen-bond acceptors (Lipinski definition) is 0. The SMILES string of the molecule is CC1C=CC(C)C2CCC[C@@]3(C2=CC1)C1=CC13C. The van der Waals surface area contributed by atoms with Gasteiger partial charge in [0.25, 0.3) is 0 Å². The maximum atomic E-state index is 2.63. The topological polar surface area (TPSA) is 0 Å². The quantitative estimate of drug-likeness (QED) is 0.529. The van der Waals surface area contributed by atoms with Gasteiger partial charge >= 0.3 is 0 Å². The summed E-state index contributed by atoms with van der Waals surface area (Å²) in [5.74, 6) is 2.28. The van der Waals surface area contributed by atoms with Gasteiger partial charge in [-0.05, 0) is 37.0 Å². The molecule has 4 rings (SSSR count). The lowest BCUT2D eigenvalue weighted by molar-refractivity contribution is 0.272. The van der Waals surface area contributed by atoms with Gasteiger partial charge in [0.15, 0.2) is 0 Å². The van der Waals surface area contributed by atoms with Crippen LogP contribution in [-0.4, -0.2) is 0 Å². The van der Waals surface area contributed by atoms with E-state index in [0.717, 1.165) is 17.8 Å². The van der Waals surface area contributed by atoms with E-state index >= 15 is 0 Å². The monoisotopic (exact) mass is 240 g/mol. The summed E-state index contributed by atoms with van der Waals surface area (Å²) in [6, 6.07) is 0. The Morgan fingerprint density at radius 1 is 1.22 bits per heavy atom. The molecular weight excluding hydrogens is 216 g/mol. The second kappa shape index (κ2) is 3.21. The summed E-state index contributed by atoms with van der Waals surface area (Å²) in [7, 11) is 0. The van der Waals surface area contributed by atoms with Gasteiger partial charge in [0, 0.05) is 10.8 Å². The molecule has 0 aromatic rings. The lowest BCUT2D eigenvalue weighted by Crippen LogP contribution is -2.30. The lowest BCUT2D eigenvalue weighted by atomic mass is 9.64. The Labute approximate surface area is 111 Å². The van der Waals surface area contributed by atoms with Gasteiger partial charge in [0.05, 0.1) is 0 Å². The first-order valence-electron chi connectivity index (χ1n) is 7.72. The highest BCUT2D eigenvalue weighted by atomic mass is 14.8. The molecule has 4 aliphatic carbocycles. The van der Waals surface area contributed by atoms with Crippen molar-refractivity contribution in [3.8, 4) is 0 Å². The fraction of sp³-hybridized carbons (Fsp3) is 0.667. The molecule has 18 heavy (non-hydrogen) atoms. The van der Waals surface area contributed by atoms with Crippen molar-refractivity contribution < 1.29 is 0 Å². The molecular formula is C18H24. The number of hydrogen-bond donors (Lipinski definition) is 0. The average molecular weight is 240 g/mol. The zero-order valence-electron chi connectivity index (χ0n) is 11.9. The molecule has 2 fully saturated rings. The standard InChI is InChI=1S/C18H24/c1-12-6-8-13(2)14-5-4-10-18(15(14)9-7-12)16-11-17(16,18)3/h6,8-9,11-14H,4-5,7,10H2,1-3H3/t12?,13?,14?,17?,18-/m1/s1. The first-order chi connectivity index (χ1) is 8.59. The molecule has 5 atom stereocenters. The molecule has 1 spiro atoms. The summed E-state index contributed by atoms with van der Waals surface area (Å²) in [5.41, 5.74) is 4.70. The van der Waals surface area contributed by atoms with Crippen LogP contribution in [0.2, 0.25) is 0 Å². The highest BCUT2D eigenvalue weighted by molar-refractivity contribution is 5.71. The van der Waals surface area contributed by atoms with Crippen molar-refractivity contribution in [1.29, 1.82) is 0 Å². The third-order valence-corrected chi connectivity index (χ3v) is 6.24. The normalized spacial score (nSPS) is 52.7. The van der Waals surface area contributed by atoms with E-state index in [-0.39, 0.29) is 0 Å². The van der Waals surface area contributed by atoms with Crippen molar-refractivity contribution >= 4 is 0 Å². The molecule has 4 unspecified atom stereocenters. The largest absolute Gasteiger partial charge is 0.0851 e. The molecule has 0 amide bonds. The third-order valence-electron chi connectivity index (χ3n) is 6.24. The van der Waals surface area contributed by atoms with E-state index in [0.29, 0.717) is 10.8 Å². The van der Waals surface area contributed by atoms with Gasteiger partial charge < -0.3 is 0 Å². The van der Waals surface area contributed by atoms with Crippen molar-refractivity contribution in [3.05, 3.63) is 35.5 Å². The zero-order valence-corrected chi connectivity index (χ0v) is 11.9. The molecule has 96 valence electrons. The highest BCUT2D eigenvalue weighted by Crippen LogP contribution is 2.87. The first kappa shape index (κ1) is 11.1. The minimum Gasteiger partial charge on any atom is -0.0851 e. The van der Waals surface area contributed by atoms with Gasteiger partial charge in [-0.3, -0.25) is 0 Å². The molecule has 0 saturated heterocycles. The second-order valence-electron chi connectivity index (χ2n) is 7.28. The number of rotatable bonds is 0. The average Bonchev–Trinajstić information content (AvgIpc) is 3.18. The van der Waals surface area contributed by atoms with Crippen LogP contribution in [0.3, 0.4) is 0 Å². The first-order valence-corrected chi connectivity index (χ1v) is 7.72. The molecule has 0 bridgehead atoms. The summed E-state index contributed by atoms with van der Waals surface area (Å²) in [6.45, 7) is 7.25. The maximum Gasteiger partial charge on any atom is 0.0259 e. The molecule has 0 nitrogen and oxygen atoms in total. The van der Waals surface area contributed by atoms with Gasteiger partial charge in [-0.2, -0.15) is 0 Å². The molecule has 2 saturated carbocycles. The van der Waals surface area contributed by atoms with Crippen LogP contribution in [0.15, 0.2) is 35.5 Å². The Kier molecular flexibility index (Phi) is 1.98. The maximum absolute atomic E-state index is 2.63. The summed E-state index contributed by atoms with van der Waals surface area (Å²) in [5, 5.41) is 0. The number of fused-ring (bicyclic) bond motifs is 5. The van der Waals surface area contributed by atoms with Gasteiger partial charge in [-0.15, -0.1) is 0 Å². The predicted octanol–water partition coefficient (Wildman–Crippen LogP) is 4.89. The lowest BCUT2D eigenvalue weighted by Gasteiger charge is -2.40. The molecule has 0 heterocycles. The molecule has 0 heteroatoms. The van der Waals surface area contributed by atoms with Crippen molar-refractivity contribution in [2.45, 2.75) is 46.5 Å². The van der Waals surface area contributed by atoms with Gasteiger partial charge in [0.2, 0.25) is 0 Å². The summed E-state index contributed by atoms with van der Waals surface area (Å²) in [4.78, 5) is 0. The Morgan fingerprint density at radius 3 is 2.67 bits per heavy atom. The van der Waals surface area contributed by atoms with Crippen LogP contribution >= 0.6 is 0 Å². The Bertz CT molecular complexity index is 492. The van der Waals surface area contributed by atoms with E-state index < -0.39 is 0 Å². The van der Waals surface area contributed by atoms with E-state index in [1.807, 2.05) is 5.57 Å². The molecule has 0 aromatic heterocycles. The van der Waals surface area contributed by atoms with E-state index in [1.54, 1.807) is 5.57 Å². The van der Waals surface area contributed by atoms with Crippen LogP contribution in [0.25, 0.3) is 0 Å². The van der Waals surface area contributed by atoms with Crippen LogP contribution in [0.1, 0.15) is 46.5 Å². The minimum absolute atomic E-state index is 0.531. The third kappa shape index (κ3) is 1.13. The van der Waals surface area contributed by atoms with Crippen molar-refractivity contribution in [2.24, 2.45) is 28.6 Å². The summed E-state index contributed by atoms with van der Waals surface area (Å²) in [6.07, 6.45) is 15.6. The predicted molar refractivity (Wildman–Crippen MR) is 76.1 cm³/mol. The summed E-state index contributed by atoms with van der Waals surface area (Å²) >= 11 is 0. The number of allylic oxidation sites excluding steroid dienone is 6. The van der Waals surface area contributed by atoms with Crippen LogP contribution in [-0.2, 0) is 0 Å². The van der Waals surface area contributed by atoms with Crippen molar-refractivity contribution in [1.82, 2.24) is 0 Å². The van der Waals surface area contributed by atoms with E-state index in [4.69, 9.17) is 0 Å². The van der Waals surface area contributed by atoms with Crippen LogP contribution in [0, 0.1) is 28.6 Å². The molecule has 0 radical (unpaired) electrons. The molecule has 0 aliphatic heterocycles. The summed E-state index contributed by atoms with van der Waals surface area (Å²) < 4.78 is 0. The van der Waals surface area contributed by atoms with Crippen LogP contribution in [0.5, 0.6) is 0 Å². The minimum atomic E-state index is 0.531. The zero-order chi connectivity index (χ0) is 12.5. The fourth-order valence-corrected chi connectivity index (χ4v) is 4.89. The van der Waals surface area contributed by atoms with Crippen molar-refractivity contribution in [3.63, 3.8) is 0 Å². The smallest absolute Gasteiger partial charge is 0.0259 e. The molecule has 0 N–H and O–H groups in total.